The summed E-state index contributed by atoms with van der Waals surface area (Å²) in [6.07, 6.45) is 1.11. The molecule has 100 valence electrons. The van der Waals surface area contributed by atoms with E-state index in [0.29, 0.717) is 12.2 Å². The monoisotopic (exact) mass is 250 g/mol. The third-order valence-corrected chi connectivity index (χ3v) is 5.74. The van der Waals surface area contributed by atoms with Crippen LogP contribution >= 0.6 is 0 Å². The van der Waals surface area contributed by atoms with E-state index in [9.17, 15) is 9.90 Å². The molecule has 7 unspecified atom stereocenters. The molecular formula is C15H22O3. The number of ketones is 1. The van der Waals surface area contributed by atoms with Crippen LogP contribution in [0.1, 0.15) is 33.6 Å². The van der Waals surface area contributed by atoms with Crippen molar-refractivity contribution in [3.63, 3.8) is 0 Å². The number of hydrogen-bond donors (Lipinski definition) is 1. The lowest BCUT2D eigenvalue weighted by Crippen LogP contribution is -2.54. The maximum atomic E-state index is 12.2. The highest BCUT2D eigenvalue weighted by atomic mass is 16.6. The van der Waals surface area contributed by atoms with Crippen molar-refractivity contribution in [2.75, 3.05) is 0 Å². The average molecular weight is 250 g/mol. The number of epoxide rings is 1. The van der Waals surface area contributed by atoms with E-state index >= 15 is 0 Å². The molecule has 2 aliphatic carbocycles. The Labute approximate surface area is 108 Å². The summed E-state index contributed by atoms with van der Waals surface area (Å²) >= 11 is 0. The van der Waals surface area contributed by atoms with E-state index in [0.717, 1.165) is 12.0 Å². The van der Waals surface area contributed by atoms with Crippen LogP contribution in [0.3, 0.4) is 0 Å². The Morgan fingerprint density at radius 1 is 1.50 bits per heavy atom. The predicted molar refractivity (Wildman–Crippen MR) is 68.0 cm³/mol. The van der Waals surface area contributed by atoms with Gasteiger partial charge in [0.1, 0.15) is 11.9 Å². The topological polar surface area (TPSA) is 49.8 Å². The summed E-state index contributed by atoms with van der Waals surface area (Å²) in [5.74, 6) is 0.740. The van der Waals surface area contributed by atoms with Crippen molar-refractivity contribution in [2.45, 2.75) is 51.9 Å². The quantitative estimate of drug-likeness (QED) is 0.571. The van der Waals surface area contributed by atoms with Gasteiger partial charge in [0.05, 0.1) is 12.2 Å². The molecule has 18 heavy (non-hydrogen) atoms. The number of aliphatic hydroxyl groups excluding tert-OH is 1. The van der Waals surface area contributed by atoms with Gasteiger partial charge in [0.15, 0.2) is 0 Å². The Morgan fingerprint density at radius 3 is 2.78 bits per heavy atom. The molecule has 1 saturated heterocycles. The van der Waals surface area contributed by atoms with E-state index in [1.54, 1.807) is 0 Å². The number of rotatable bonds is 1. The fourth-order valence-corrected chi connectivity index (χ4v) is 4.17. The van der Waals surface area contributed by atoms with E-state index < -0.39 is 0 Å². The Balaban J connectivity index is 1.93. The lowest BCUT2D eigenvalue weighted by molar-refractivity contribution is -0.135. The van der Waals surface area contributed by atoms with Gasteiger partial charge in [-0.15, -0.1) is 0 Å². The molecule has 0 aromatic rings. The van der Waals surface area contributed by atoms with E-state index in [4.69, 9.17) is 4.74 Å². The fourth-order valence-electron chi connectivity index (χ4n) is 4.17. The molecule has 0 aromatic carbocycles. The van der Waals surface area contributed by atoms with Crippen molar-refractivity contribution in [3.05, 3.63) is 12.2 Å². The minimum Gasteiger partial charge on any atom is -0.390 e. The van der Waals surface area contributed by atoms with Crippen LogP contribution in [-0.4, -0.2) is 29.2 Å². The largest absolute Gasteiger partial charge is 0.390 e. The van der Waals surface area contributed by atoms with Crippen LogP contribution in [0.15, 0.2) is 12.2 Å². The average Bonchev–Trinajstić information content (AvgIpc) is 3.08. The minimum atomic E-state index is -0.379. The van der Waals surface area contributed by atoms with Gasteiger partial charge >= 0.3 is 0 Å². The van der Waals surface area contributed by atoms with Gasteiger partial charge < -0.3 is 9.84 Å². The molecule has 3 heteroatoms. The van der Waals surface area contributed by atoms with Crippen molar-refractivity contribution in [3.8, 4) is 0 Å². The minimum absolute atomic E-state index is 0.00535. The molecule has 2 saturated carbocycles. The molecule has 0 aromatic heterocycles. The Bertz CT molecular complexity index is 416. The number of hydrogen-bond acceptors (Lipinski definition) is 3. The molecule has 1 N–H and O–H groups in total. The number of fused-ring (bicyclic) bond motifs is 3. The van der Waals surface area contributed by atoms with Crippen LogP contribution in [0.4, 0.5) is 0 Å². The second-order valence-corrected chi connectivity index (χ2v) is 6.73. The highest BCUT2D eigenvalue weighted by Crippen LogP contribution is 2.60. The lowest BCUT2D eigenvalue weighted by atomic mass is 9.52. The van der Waals surface area contributed by atoms with Gasteiger partial charge in [0, 0.05) is 18.3 Å². The summed E-state index contributed by atoms with van der Waals surface area (Å²) < 4.78 is 5.61. The van der Waals surface area contributed by atoms with Crippen LogP contribution in [0.5, 0.6) is 0 Å². The van der Waals surface area contributed by atoms with Gasteiger partial charge in [-0.1, -0.05) is 26.0 Å². The standard InChI is InChI=1S/C15H22O3/c1-7(2)9-6-15(4)8(3)12(17)14-13(18-14)10(15)5-11(9)16/h8-10,12-14,17H,1,5-6H2,2-4H3. The normalized spacial score (nSPS) is 54.6. The molecule has 3 aliphatic rings. The van der Waals surface area contributed by atoms with E-state index in [1.807, 2.05) is 6.92 Å². The van der Waals surface area contributed by atoms with Crippen LogP contribution in [-0.2, 0) is 9.53 Å². The van der Waals surface area contributed by atoms with Crippen molar-refractivity contribution < 1.29 is 14.6 Å². The second kappa shape index (κ2) is 3.67. The van der Waals surface area contributed by atoms with Crippen LogP contribution < -0.4 is 0 Å². The molecule has 3 rings (SSSR count). The molecule has 0 bridgehead atoms. The Kier molecular flexibility index (Phi) is 2.52. The SMILES string of the molecule is C=C(C)C1CC2(C)C(C)C(O)C3OC3C2CC1=O. The summed E-state index contributed by atoms with van der Waals surface area (Å²) in [6.45, 7) is 10.2. The third-order valence-electron chi connectivity index (χ3n) is 5.74. The zero-order chi connectivity index (χ0) is 13.2. The maximum Gasteiger partial charge on any atom is 0.140 e. The van der Waals surface area contributed by atoms with E-state index in [-0.39, 0.29) is 41.5 Å². The molecular weight excluding hydrogens is 228 g/mol. The molecule has 0 radical (unpaired) electrons. The molecule has 3 fully saturated rings. The van der Waals surface area contributed by atoms with Gasteiger partial charge in [-0.2, -0.15) is 0 Å². The van der Waals surface area contributed by atoms with Crippen molar-refractivity contribution >= 4 is 5.78 Å². The van der Waals surface area contributed by atoms with E-state index in [1.165, 1.54) is 0 Å². The summed E-state index contributed by atoms with van der Waals surface area (Å²) in [4.78, 5) is 12.2. The first-order valence-corrected chi connectivity index (χ1v) is 6.88. The number of aliphatic hydroxyl groups is 1. The highest BCUT2D eigenvalue weighted by Gasteiger charge is 2.65. The fraction of sp³-hybridized carbons (Fsp3) is 0.800. The zero-order valence-electron chi connectivity index (χ0n) is 11.3. The van der Waals surface area contributed by atoms with Crippen molar-refractivity contribution in [2.24, 2.45) is 23.2 Å². The molecule has 1 aliphatic heterocycles. The van der Waals surface area contributed by atoms with Gasteiger partial charge in [0.2, 0.25) is 0 Å². The maximum absolute atomic E-state index is 12.2. The number of carbonyl (C=O) groups excluding carboxylic acids is 1. The predicted octanol–water partition coefficient (Wildman–Crippen LogP) is 1.94. The van der Waals surface area contributed by atoms with Gasteiger partial charge in [-0.25, -0.2) is 0 Å². The summed E-state index contributed by atoms with van der Waals surface area (Å²) in [5.41, 5.74) is 0.953. The summed E-state index contributed by atoms with van der Waals surface area (Å²) in [6, 6.07) is 0. The number of allylic oxidation sites excluding steroid dienone is 1. The zero-order valence-corrected chi connectivity index (χ0v) is 11.3. The molecule has 0 amide bonds. The second-order valence-electron chi connectivity index (χ2n) is 6.73. The molecule has 3 nitrogen and oxygen atoms in total. The molecule has 7 atom stereocenters. The van der Waals surface area contributed by atoms with Crippen LogP contribution in [0, 0.1) is 23.2 Å². The summed E-state index contributed by atoms with van der Waals surface area (Å²) in [7, 11) is 0. The summed E-state index contributed by atoms with van der Waals surface area (Å²) in [5, 5.41) is 10.3. The number of Topliss-reactive ketones (excluding diaryl/α,β-unsaturated/α-hetero) is 1. The van der Waals surface area contributed by atoms with Gasteiger partial charge in [-0.3, -0.25) is 4.79 Å². The van der Waals surface area contributed by atoms with Gasteiger partial charge in [-0.05, 0) is 24.7 Å². The third kappa shape index (κ3) is 1.47. The first-order chi connectivity index (χ1) is 8.36. The molecule has 1 heterocycles. The van der Waals surface area contributed by atoms with Crippen molar-refractivity contribution in [1.29, 1.82) is 0 Å². The van der Waals surface area contributed by atoms with Crippen molar-refractivity contribution in [1.82, 2.24) is 0 Å². The molecule has 0 spiro atoms. The Hall–Kier alpha value is -0.670. The first kappa shape index (κ1) is 12.4. The van der Waals surface area contributed by atoms with E-state index in [2.05, 4.69) is 20.4 Å². The Morgan fingerprint density at radius 2 is 2.17 bits per heavy atom. The van der Waals surface area contributed by atoms with Gasteiger partial charge in [0.25, 0.3) is 0 Å². The first-order valence-electron chi connectivity index (χ1n) is 6.88. The van der Waals surface area contributed by atoms with Crippen LogP contribution in [0.2, 0.25) is 0 Å². The number of carbonyl (C=O) groups is 1. The highest BCUT2D eigenvalue weighted by molar-refractivity contribution is 5.85. The van der Waals surface area contributed by atoms with Crippen LogP contribution in [0.25, 0.3) is 0 Å². The smallest absolute Gasteiger partial charge is 0.140 e. The lowest BCUT2D eigenvalue weighted by Gasteiger charge is -2.51. The number of ether oxygens (including phenoxy) is 1.